The van der Waals surface area contributed by atoms with Crippen LogP contribution in [-0.2, 0) is 11.2 Å². The zero-order chi connectivity index (χ0) is 23.9. The number of aromatic nitrogens is 2. The molecule has 1 aromatic heterocycles. The molecule has 8 heteroatoms. The number of urea groups is 1. The molecule has 2 heterocycles. The number of amides is 2. The number of rotatable bonds is 7. The minimum atomic E-state index is -0.266. The number of nitrogens with one attached hydrogen (secondary N) is 3. The van der Waals surface area contributed by atoms with Crippen molar-refractivity contribution in [1.82, 2.24) is 9.97 Å². The van der Waals surface area contributed by atoms with Crippen molar-refractivity contribution in [2.75, 3.05) is 53.7 Å². The molecule has 35 heavy (non-hydrogen) atoms. The van der Waals surface area contributed by atoms with E-state index in [2.05, 4.69) is 49.0 Å². The van der Waals surface area contributed by atoms with Gasteiger partial charge in [0.15, 0.2) is 0 Å². The second-order valence-corrected chi connectivity index (χ2v) is 8.34. The predicted octanol–water partition coefficient (Wildman–Crippen LogP) is 4.77. The Morgan fingerprint density at radius 1 is 0.886 bits per heavy atom. The van der Waals surface area contributed by atoms with Gasteiger partial charge in [0.2, 0.25) is 0 Å². The average Bonchev–Trinajstić information content (AvgIpc) is 2.90. The fourth-order valence-electron chi connectivity index (χ4n) is 4.10. The molecule has 0 bridgehead atoms. The molecule has 1 aliphatic heterocycles. The highest BCUT2D eigenvalue weighted by atomic mass is 16.5. The lowest BCUT2D eigenvalue weighted by molar-refractivity contribution is 0.122. The van der Waals surface area contributed by atoms with Gasteiger partial charge in [-0.1, -0.05) is 30.3 Å². The molecule has 0 spiro atoms. The van der Waals surface area contributed by atoms with Crippen LogP contribution in [0.15, 0.2) is 79.1 Å². The van der Waals surface area contributed by atoms with Gasteiger partial charge in [0, 0.05) is 42.1 Å². The quantitative estimate of drug-likeness (QED) is 0.362. The lowest BCUT2D eigenvalue weighted by atomic mass is 10.1. The van der Waals surface area contributed by atoms with Crippen LogP contribution in [-0.4, -0.2) is 48.8 Å². The van der Waals surface area contributed by atoms with Gasteiger partial charge in [0.05, 0.1) is 18.7 Å². The van der Waals surface area contributed by atoms with Crippen LogP contribution in [0.3, 0.4) is 0 Å². The van der Waals surface area contributed by atoms with Crippen molar-refractivity contribution in [3.05, 3.63) is 84.7 Å². The van der Waals surface area contributed by atoms with Gasteiger partial charge >= 0.3 is 6.03 Å². The SMILES string of the molecule is O=C(Nc1ccccc1)Nc1ccc(CCNc2ncnc3cc(N4CCOCC4)ccc23)cc1. The number of para-hydroxylation sites is 1. The van der Waals surface area contributed by atoms with Crippen molar-refractivity contribution in [1.29, 1.82) is 0 Å². The minimum absolute atomic E-state index is 0.266. The third-order valence-corrected chi connectivity index (χ3v) is 5.95. The van der Waals surface area contributed by atoms with Gasteiger partial charge in [-0.2, -0.15) is 0 Å². The summed E-state index contributed by atoms with van der Waals surface area (Å²) >= 11 is 0. The molecular formula is C27H28N6O2. The highest BCUT2D eigenvalue weighted by Gasteiger charge is 2.13. The van der Waals surface area contributed by atoms with Gasteiger partial charge < -0.3 is 25.6 Å². The van der Waals surface area contributed by atoms with Crippen molar-refractivity contribution in [3.63, 3.8) is 0 Å². The van der Waals surface area contributed by atoms with E-state index in [9.17, 15) is 4.79 Å². The smallest absolute Gasteiger partial charge is 0.323 e. The summed E-state index contributed by atoms with van der Waals surface area (Å²) < 4.78 is 5.46. The van der Waals surface area contributed by atoms with Gasteiger partial charge in [-0.05, 0) is 54.4 Å². The molecule has 0 radical (unpaired) electrons. The van der Waals surface area contributed by atoms with Crippen LogP contribution in [0.2, 0.25) is 0 Å². The first-order valence-corrected chi connectivity index (χ1v) is 11.8. The molecule has 1 saturated heterocycles. The van der Waals surface area contributed by atoms with Gasteiger partial charge in [0.1, 0.15) is 12.1 Å². The molecule has 8 nitrogen and oxygen atoms in total. The minimum Gasteiger partial charge on any atom is -0.378 e. The molecule has 0 saturated carbocycles. The molecule has 1 aliphatic rings. The van der Waals surface area contributed by atoms with E-state index in [1.165, 1.54) is 5.56 Å². The van der Waals surface area contributed by atoms with Gasteiger partial charge in [-0.3, -0.25) is 0 Å². The third-order valence-electron chi connectivity index (χ3n) is 5.95. The molecule has 2 amide bonds. The fourth-order valence-corrected chi connectivity index (χ4v) is 4.10. The topological polar surface area (TPSA) is 91.4 Å². The summed E-state index contributed by atoms with van der Waals surface area (Å²) in [5.41, 5.74) is 4.75. The van der Waals surface area contributed by atoms with E-state index in [0.717, 1.165) is 73.1 Å². The van der Waals surface area contributed by atoms with Gasteiger partial charge in [-0.25, -0.2) is 14.8 Å². The lowest BCUT2D eigenvalue weighted by Gasteiger charge is -2.29. The second-order valence-electron chi connectivity index (χ2n) is 8.34. The number of benzene rings is 3. The average molecular weight is 469 g/mol. The van der Waals surface area contributed by atoms with Crippen LogP contribution in [0.25, 0.3) is 10.9 Å². The monoisotopic (exact) mass is 468 g/mol. The van der Waals surface area contributed by atoms with Crippen molar-refractivity contribution in [3.8, 4) is 0 Å². The van der Waals surface area contributed by atoms with E-state index in [4.69, 9.17) is 4.74 Å². The summed E-state index contributed by atoms with van der Waals surface area (Å²) in [5, 5.41) is 10.1. The molecule has 0 unspecified atom stereocenters. The maximum absolute atomic E-state index is 12.2. The third kappa shape index (κ3) is 5.85. The van der Waals surface area contributed by atoms with Crippen LogP contribution in [0.4, 0.5) is 27.7 Å². The molecule has 5 rings (SSSR count). The van der Waals surface area contributed by atoms with E-state index in [-0.39, 0.29) is 6.03 Å². The molecule has 0 atom stereocenters. The number of hydrogen-bond acceptors (Lipinski definition) is 6. The maximum Gasteiger partial charge on any atom is 0.323 e. The van der Waals surface area contributed by atoms with E-state index in [0.29, 0.717) is 0 Å². The summed E-state index contributed by atoms with van der Waals surface area (Å²) in [6.07, 6.45) is 2.43. The highest BCUT2D eigenvalue weighted by molar-refractivity contribution is 5.99. The van der Waals surface area contributed by atoms with Crippen molar-refractivity contribution in [2.45, 2.75) is 6.42 Å². The number of ether oxygens (including phenoxy) is 1. The summed E-state index contributed by atoms with van der Waals surface area (Å²) in [5.74, 6) is 0.833. The number of morpholine rings is 1. The number of anilines is 4. The largest absolute Gasteiger partial charge is 0.378 e. The normalized spacial score (nSPS) is 13.4. The predicted molar refractivity (Wildman–Crippen MR) is 140 cm³/mol. The first-order chi connectivity index (χ1) is 17.2. The number of nitrogens with zero attached hydrogens (tertiary/aromatic N) is 3. The standard InChI is InChI=1S/C27H28N6O2/c34-27(31-21-4-2-1-3-5-21)32-22-8-6-20(7-9-22)12-13-28-26-24-11-10-23(18-25(24)29-19-30-26)33-14-16-35-17-15-33/h1-11,18-19H,12-17H2,(H,28,29,30)(H2,31,32,34). The summed E-state index contributed by atoms with van der Waals surface area (Å²) in [6, 6.07) is 23.3. The van der Waals surface area contributed by atoms with E-state index >= 15 is 0 Å². The van der Waals surface area contributed by atoms with Gasteiger partial charge in [-0.15, -0.1) is 0 Å². The molecule has 4 aromatic rings. The molecular weight excluding hydrogens is 440 g/mol. The molecule has 0 aliphatic carbocycles. The Morgan fingerprint density at radius 2 is 1.63 bits per heavy atom. The molecule has 3 aromatic carbocycles. The van der Waals surface area contributed by atoms with E-state index in [1.54, 1.807) is 6.33 Å². The number of carbonyl (C=O) groups excluding carboxylic acids is 1. The Balaban J connectivity index is 1.15. The summed E-state index contributed by atoms with van der Waals surface area (Å²) in [4.78, 5) is 23.4. The van der Waals surface area contributed by atoms with Crippen molar-refractivity contribution in [2.24, 2.45) is 0 Å². The highest BCUT2D eigenvalue weighted by Crippen LogP contribution is 2.25. The Labute approximate surface area is 204 Å². The second kappa shape index (κ2) is 10.8. The van der Waals surface area contributed by atoms with E-state index in [1.807, 2.05) is 54.6 Å². The Bertz CT molecular complexity index is 1270. The Morgan fingerprint density at radius 3 is 2.40 bits per heavy atom. The first-order valence-electron chi connectivity index (χ1n) is 11.8. The Hall–Kier alpha value is -4.17. The first kappa shape index (κ1) is 22.6. The van der Waals surface area contributed by atoms with Crippen LogP contribution in [0.5, 0.6) is 0 Å². The van der Waals surface area contributed by atoms with E-state index < -0.39 is 0 Å². The summed E-state index contributed by atoms with van der Waals surface area (Å²) in [6.45, 7) is 4.04. The Kier molecular flexibility index (Phi) is 7.00. The summed E-state index contributed by atoms with van der Waals surface area (Å²) in [7, 11) is 0. The van der Waals surface area contributed by atoms with Gasteiger partial charge in [0.25, 0.3) is 0 Å². The fraction of sp³-hybridized carbons (Fsp3) is 0.222. The van der Waals surface area contributed by atoms with Crippen LogP contribution in [0.1, 0.15) is 5.56 Å². The zero-order valence-electron chi connectivity index (χ0n) is 19.4. The van der Waals surface area contributed by atoms with Crippen molar-refractivity contribution < 1.29 is 9.53 Å². The number of carbonyl (C=O) groups is 1. The molecule has 1 fully saturated rings. The van der Waals surface area contributed by atoms with Crippen LogP contribution >= 0.6 is 0 Å². The van der Waals surface area contributed by atoms with Crippen LogP contribution in [0, 0.1) is 0 Å². The molecule has 3 N–H and O–H groups in total. The zero-order valence-corrected chi connectivity index (χ0v) is 19.4. The van der Waals surface area contributed by atoms with Crippen molar-refractivity contribution >= 4 is 39.8 Å². The maximum atomic E-state index is 12.2. The number of fused-ring (bicyclic) bond motifs is 1. The molecule has 178 valence electrons. The lowest BCUT2D eigenvalue weighted by Crippen LogP contribution is -2.36. The number of hydrogen-bond donors (Lipinski definition) is 3. The van der Waals surface area contributed by atoms with Crippen LogP contribution < -0.4 is 20.9 Å².